The van der Waals surface area contributed by atoms with Crippen LogP contribution >= 0.6 is 79.7 Å². The maximum atomic E-state index is 4.40. The van der Waals surface area contributed by atoms with Gasteiger partial charge in [0.05, 0.1) is 0 Å². The third-order valence-electron chi connectivity index (χ3n) is 0.204. The zero-order valence-electron chi connectivity index (χ0n) is 11.8. The molecule has 14 heteroatoms. The first-order chi connectivity index (χ1) is 3.27. The van der Waals surface area contributed by atoms with E-state index in [0.29, 0.717) is 4.32 Å². The monoisotopic (exact) mass is 401 g/mol. The van der Waals surface area contributed by atoms with Gasteiger partial charge in [0.1, 0.15) is 0 Å². The van der Waals surface area contributed by atoms with Crippen LogP contribution in [0.1, 0.15) is 2.85 Å². The molecule has 0 aromatic rings. The Balaban J connectivity index is -0.00000000168. The van der Waals surface area contributed by atoms with Crippen molar-refractivity contribution >= 4 is 140 Å². The van der Waals surface area contributed by atoms with Crippen LogP contribution in [0.5, 0.6) is 0 Å². The molecule has 0 amide bonds. The molecule has 0 saturated heterocycles. The molecule has 0 spiro atoms. The first-order valence-electron chi connectivity index (χ1n) is 2.16. The quantitative estimate of drug-likeness (QED) is 0.249. The van der Waals surface area contributed by atoms with Crippen molar-refractivity contribution in [1.29, 1.82) is 0 Å². The molecular weight excluding hydrogens is 379 g/mol. The van der Waals surface area contributed by atoms with Gasteiger partial charge in [0, 0.05) is 7.05 Å². The number of nitrogens with one attached hydrogen (secondary N) is 1. The van der Waals surface area contributed by atoms with E-state index in [9.17, 15) is 0 Å². The maximum absolute atomic E-state index is 4.40. The van der Waals surface area contributed by atoms with Gasteiger partial charge >= 0.3 is 76.0 Å². The second-order valence-electron chi connectivity index (χ2n) is 0.537. The number of thiocarbonyl (C=S) groups is 1. The van der Waals surface area contributed by atoms with E-state index in [0.717, 1.165) is 0 Å². The molecule has 0 aliphatic heterocycles. The van der Waals surface area contributed by atoms with Crippen molar-refractivity contribution in [2.45, 2.75) is 0 Å². The molecule has 0 aromatic heterocycles. The molecule has 0 fully saturated rings. The minimum absolute atomic E-state index is 0. The van der Waals surface area contributed by atoms with Gasteiger partial charge in [-0.1, -0.05) is 4.32 Å². The van der Waals surface area contributed by atoms with E-state index in [1.165, 1.54) is 43.6 Å². The molecular formula is C2H22NNa3O3S7+2. The standard InChI is InChI=1S/C2H5NS2.3Na.3H2O.5H2S/c1-3-2(4)5;;;;;;;;;;;/h1H3,(H2,3,4,5);;;;8*1H2/q;;;+1;;;;;;;;/p+1. The third-order valence-corrected chi connectivity index (χ3v) is 0.612. The topological polar surface area (TPSA) is 107 Å². The van der Waals surface area contributed by atoms with E-state index < -0.39 is 0 Å². The van der Waals surface area contributed by atoms with Crippen LogP contribution in [-0.4, -0.2) is 71.4 Å². The van der Waals surface area contributed by atoms with Crippen molar-refractivity contribution in [1.82, 2.24) is 5.32 Å². The Kier molecular flexibility index (Phi) is 483. The number of hydrogen-bond acceptors (Lipinski definition) is 2. The molecule has 7 N–H and O–H groups in total. The van der Waals surface area contributed by atoms with Crippen LogP contribution in [0.3, 0.4) is 0 Å². The molecule has 0 aromatic carbocycles. The molecule has 96 valence electrons. The van der Waals surface area contributed by atoms with E-state index in [4.69, 9.17) is 0 Å². The van der Waals surface area contributed by atoms with Crippen molar-refractivity contribution in [3.05, 3.63) is 0 Å². The van der Waals surface area contributed by atoms with Crippen molar-refractivity contribution in [2.24, 2.45) is 0 Å². The van der Waals surface area contributed by atoms with Crippen LogP contribution in [0.4, 0.5) is 0 Å². The first-order valence-corrected chi connectivity index (χ1v) is 11.0. The van der Waals surface area contributed by atoms with E-state index in [2.05, 4.69) is 30.2 Å². The third kappa shape index (κ3) is 130. The van der Waals surface area contributed by atoms with E-state index in [1.807, 2.05) is 0 Å². The van der Waals surface area contributed by atoms with Gasteiger partial charge in [-0.05, 0) is 0 Å². The van der Waals surface area contributed by atoms with E-state index >= 15 is 0 Å². The Bertz CT molecular complexity index is 77.2. The molecule has 0 aliphatic rings. The van der Waals surface area contributed by atoms with Gasteiger partial charge in [0.15, 0.2) is 0 Å². The summed E-state index contributed by atoms with van der Waals surface area (Å²) < 4.78 is 0.421. The normalized spacial score (nSPS) is 2.56. The summed E-state index contributed by atoms with van der Waals surface area (Å²) in [5, 5.41) is 2.57. The zero-order chi connectivity index (χ0) is 6.28. The number of hydrogen-bond donors (Lipinski definition) is 1. The summed E-state index contributed by atoms with van der Waals surface area (Å²) in [6.45, 7) is 0. The van der Waals surface area contributed by atoms with Crippen LogP contribution in [0.25, 0.3) is 0 Å². The average Bonchev–Trinajstić information content (AvgIpc) is 1.73. The fourth-order valence-electron chi connectivity index (χ4n) is 0. The zero-order valence-corrected chi connectivity index (χ0v) is 22.4. The molecule has 0 radical (unpaired) electrons. The molecule has 0 heterocycles. The van der Waals surface area contributed by atoms with Gasteiger partial charge in [-0.3, -0.25) is 0 Å². The van der Waals surface area contributed by atoms with Crippen molar-refractivity contribution < 1.29 is 48.8 Å². The molecule has 0 bridgehead atoms. The molecule has 0 saturated carbocycles. The Hall–Kier alpha value is 4.74. The van der Waals surface area contributed by atoms with Crippen molar-refractivity contribution in [3.8, 4) is 0 Å². The average molecular weight is 402 g/mol. The van der Waals surface area contributed by atoms with Crippen LogP contribution in [0.15, 0.2) is 0 Å². The van der Waals surface area contributed by atoms with Gasteiger partial charge in [0.25, 0.3) is 0 Å². The molecule has 0 rings (SSSR count). The van der Waals surface area contributed by atoms with Crippen molar-refractivity contribution in [2.75, 3.05) is 7.05 Å². The summed E-state index contributed by atoms with van der Waals surface area (Å²) in [4.78, 5) is 0. The summed E-state index contributed by atoms with van der Waals surface area (Å²) >= 11 is 11.7. The fourth-order valence-corrected chi connectivity index (χ4v) is 0. The van der Waals surface area contributed by atoms with Gasteiger partial charge < -0.3 is 46.6 Å². The summed E-state index contributed by atoms with van der Waals surface area (Å²) in [7, 11) is 1.70. The summed E-state index contributed by atoms with van der Waals surface area (Å²) in [6.07, 6.45) is 0. The van der Waals surface area contributed by atoms with Gasteiger partial charge in [-0.15, -0.1) is 0 Å². The Morgan fingerprint density at radius 3 is 1.06 bits per heavy atom. The Labute approximate surface area is 197 Å². The van der Waals surface area contributed by atoms with Crippen molar-refractivity contribution in [3.63, 3.8) is 0 Å². The second kappa shape index (κ2) is 90.8. The first kappa shape index (κ1) is 85.2. The van der Waals surface area contributed by atoms with Gasteiger partial charge in [-0.25, -0.2) is 0 Å². The Morgan fingerprint density at radius 1 is 1.00 bits per heavy atom. The minimum atomic E-state index is 0. The van der Waals surface area contributed by atoms with Crippen LogP contribution in [-0.2, 0) is 12.6 Å². The molecule has 0 aliphatic carbocycles. The summed E-state index contributed by atoms with van der Waals surface area (Å²) in [5.41, 5.74) is 0. The fraction of sp³-hybridized carbons (Fsp3) is 0.500. The predicted molar refractivity (Wildman–Crippen MR) is 106 cm³/mol. The molecule has 0 unspecified atom stereocenters. The van der Waals surface area contributed by atoms with E-state index in [-0.39, 0.29) is 116 Å². The summed E-state index contributed by atoms with van der Waals surface area (Å²) in [6, 6.07) is 0. The predicted octanol–water partition coefficient (Wildman–Crippen LogP) is -5.41. The molecule has 4 nitrogen and oxygen atoms in total. The number of rotatable bonds is 0. The molecule has 16 heavy (non-hydrogen) atoms. The van der Waals surface area contributed by atoms with Crippen LogP contribution in [0.2, 0.25) is 0 Å². The van der Waals surface area contributed by atoms with Crippen LogP contribution in [0, 0.1) is 0 Å². The van der Waals surface area contributed by atoms with Gasteiger partial charge in [-0.2, -0.15) is 67.5 Å². The van der Waals surface area contributed by atoms with Crippen LogP contribution < -0.4 is 34.9 Å². The molecule has 0 atom stereocenters. The SMILES string of the molecule is CNC(=S)[S-].O.O.O.S.S.S.S.S.[H+].[H+].[Na+].[Na][Na]. The summed E-state index contributed by atoms with van der Waals surface area (Å²) in [5.74, 6) is 0. The van der Waals surface area contributed by atoms with Gasteiger partial charge in [0.2, 0.25) is 0 Å². The Morgan fingerprint density at radius 2 is 1.06 bits per heavy atom. The second-order valence-corrected chi connectivity index (χ2v) is 1.61. The van der Waals surface area contributed by atoms with E-state index in [1.54, 1.807) is 7.05 Å².